The molecule has 2 aliphatic carbocycles. The molecule has 0 N–H and O–H groups in total. The van der Waals surface area contributed by atoms with E-state index in [9.17, 15) is 4.39 Å². The Kier molecular flexibility index (Phi) is 6.48. The van der Waals surface area contributed by atoms with Crippen LogP contribution in [0.5, 0.6) is 0 Å². The molecule has 10 rings (SSSR count). The van der Waals surface area contributed by atoms with Gasteiger partial charge in [-0.2, -0.15) is 0 Å². The molecular weight excluding hydrogens is 636 g/mol. The maximum Gasteiger partial charge on any atom is 0.145 e. The molecule has 0 atom stereocenters. The molecule has 0 spiro atoms. The van der Waals surface area contributed by atoms with Crippen molar-refractivity contribution in [3.05, 3.63) is 180 Å². The zero-order chi connectivity index (χ0) is 35.4. The monoisotopic (exact) mass is 672 g/mol. The first kappa shape index (κ1) is 30.7. The highest BCUT2D eigenvalue weighted by Crippen LogP contribution is 2.56. The smallest absolute Gasteiger partial charge is 0.145 e. The first-order valence-electron chi connectivity index (χ1n) is 18.1. The number of aromatic nitrogens is 2. The summed E-state index contributed by atoms with van der Waals surface area (Å²) in [5, 5.41) is 0. The van der Waals surface area contributed by atoms with Crippen molar-refractivity contribution in [3.8, 4) is 61.6 Å². The fourth-order valence-electron chi connectivity index (χ4n) is 8.85. The van der Waals surface area contributed by atoms with Crippen LogP contribution in [0, 0.1) is 5.82 Å². The molecule has 250 valence electrons. The summed E-state index contributed by atoms with van der Waals surface area (Å²) in [4.78, 5) is 4.86. The second kappa shape index (κ2) is 11.0. The SMILES string of the molecule is CC1(C)c2cc(-c3ccccc3)ccc2-c2cc3c(cc21)-c1ccc(-c2ccc(-n4c(-c5ccccc5)nc5cc(F)ccc54)cc2)cc1C3(C)C. The van der Waals surface area contributed by atoms with E-state index in [-0.39, 0.29) is 16.6 Å². The van der Waals surface area contributed by atoms with Crippen LogP contribution in [-0.4, -0.2) is 9.55 Å². The lowest BCUT2D eigenvalue weighted by Crippen LogP contribution is -2.17. The van der Waals surface area contributed by atoms with Crippen molar-refractivity contribution in [2.24, 2.45) is 0 Å². The van der Waals surface area contributed by atoms with Crippen LogP contribution in [0.2, 0.25) is 0 Å². The summed E-state index contributed by atoms with van der Waals surface area (Å²) in [6.07, 6.45) is 0. The zero-order valence-electron chi connectivity index (χ0n) is 29.7. The van der Waals surface area contributed by atoms with Crippen molar-refractivity contribution in [2.45, 2.75) is 38.5 Å². The van der Waals surface area contributed by atoms with Gasteiger partial charge in [0.1, 0.15) is 11.6 Å². The minimum absolute atomic E-state index is 0.103. The van der Waals surface area contributed by atoms with Gasteiger partial charge in [0.15, 0.2) is 0 Å². The molecule has 3 heteroatoms. The number of imidazole rings is 1. The summed E-state index contributed by atoms with van der Waals surface area (Å²) in [5.74, 6) is 0.504. The van der Waals surface area contributed by atoms with E-state index in [4.69, 9.17) is 4.98 Å². The minimum Gasteiger partial charge on any atom is -0.292 e. The third kappa shape index (κ3) is 4.45. The number of benzene rings is 7. The second-order valence-electron chi connectivity index (χ2n) is 15.4. The molecule has 0 saturated carbocycles. The van der Waals surface area contributed by atoms with Crippen LogP contribution in [0.4, 0.5) is 4.39 Å². The standard InChI is InChI=1S/C49H37FN2/c1-48(2)41-25-33(30-11-7-5-8-12-30)17-22-37(41)39-28-44-40(29-43(39)48)38-23-18-34(26-42(38)49(44,3)4)31-15-20-36(21-16-31)52-46-24-19-35(50)27-45(46)51-47(52)32-13-9-6-10-14-32/h5-29H,1-4H3. The Balaban J connectivity index is 1.02. The quantitative estimate of drug-likeness (QED) is 0.182. The number of fused-ring (bicyclic) bond motifs is 7. The maximum absolute atomic E-state index is 14.2. The first-order chi connectivity index (χ1) is 25.2. The molecule has 1 aromatic heterocycles. The van der Waals surface area contributed by atoms with E-state index in [1.54, 1.807) is 0 Å². The molecular formula is C49H37FN2. The van der Waals surface area contributed by atoms with E-state index in [1.165, 1.54) is 73.3 Å². The number of nitrogens with zero attached hydrogens (tertiary/aromatic N) is 2. The zero-order valence-corrected chi connectivity index (χ0v) is 29.7. The molecule has 0 saturated heterocycles. The Morgan fingerprint density at radius 1 is 0.442 bits per heavy atom. The molecule has 0 bridgehead atoms. The van der Waals surface area contributed by atoms with Crippen molar-refractivity contribution in [1.29, 1.82) is 0 Å². The fraction of sp³-hybridized carbons (Fsp3) is 0.122. The van der Waals surface area contributed by atoms with Crippen molar-refractivity contribution in [1.82, 2.24) is 9.55 Å². The molecule has 7 aromatic carbocycles. The van der Waals surface area contributed by atoms with Gasteiger partial charge in [0.2, 0.25) is 0 Å². The summed E-state index contributed by atoms with van der Waals surface area (Å²) >= 11 is 0. The fourth-order valence-corrected chi connectivity index (χ4v) is 8.85. The van der Waals surface area contributed by atoms with E-state index in [0.29, 0.717) is 5.52 Å². The van der Waals surface area contributed by atoms with Gasteiger partial charge in [-0.05, 0) is 115 Å². The van der Waals surface area contributed by atoms with E-state index in [2.05, 4.69) is 135 Å². The third-order valence-corrected chi connectivity index (χ3v) is 11.7. The Morgan fingerprint density at radius 2 is 0.923 bits per heavy atom. The largest absolute Gasteiger partial charge is 0.292 e. The lowest BCUT2D eigenvalue weighted by Gasteiger charge is -2.24. The van der Waals surface area contributed by atoms with Gasteiger partial charge < -0.3 is 0 Å². The van der Waals surface area contributed by atoms with Crippen LogP contribution < -0.4 is 0 Å². The van der Waals surface area contributed by atoms with Crippen LogP contribution in [0.15, 0.2) is 152 Å². The lowest BCUT2D eigenvalue weighted by atomic mass is 9.79. The third-order valence-electron chi connectivity index (χ3n) is 11.7. The molecule has 2 nitrogen and oxygen atoms in total. The number of halogens is 1. The average molecular weight is 673 g/mol. The molecule has 52 heavy (non-hydrogen) atoms. The highest BCUT2D eigenvalue weighted by molar-refractivity contribution is 5.91. The number of hydrogen-bond acceptors (Lipinski definition) is 1. The van der Waals surface area contributed by atoms with Gasteiger partial charge in [0, 0.05) is 28.1 Å². The van der Waals surface area contributed by atoms with Crippen molar-refractivity contribution < 1.29 is 4.39 Å². The molecule has 2 aliphatic rings. The highest BCUT2D eigenvalue weighted by atomic mass is 19.1. The summed E-state index contributed by atoms with van der Waals surface area (Å²) < 4.78 is 16.4. The van der Waals surface area contributed by atoms with Crippen LogP contribution in [0.25, 0.3) is 72.6 Å². The van der Waals surface area contributed by atoms with Crippen molar-refractivity contribution in [2.75, 3.05) is 0 Å². The van der Waals surface area contributed by atoms with Crippen LogP contribution >= 0.6 is 0 Å². The van der Waals surface area contributed by atoms with Crippen molar-refractivity contribution >= 4 is 11.0 Å². The summed E-state index contributed by atoms with van der Waals surface area (Å²) in [6.45, 7) is 9.49. The van der Waals surface area contributed by atoms with E-state index < -0.39 is 0 Å². The summed E-state index contributed by atoms with van der Waals surface area (Å²) in [7, 11) is 0. The molecule has 0 fully saturated rings. The molecule has 0 aliphatic heterocycles. The molecule has 0 amide bonds. The van der Waals surface area contributed by atoms with Gasteiger partial charge in [-0.1, -0.05) is 125 Å². The Bertz CT molecular complexity index is 2720. The lowest BCUT2D eigenvalue weighted by molar-refractivity contribution is 0.629. The molecule has 0 radical (unpaired) electrons. The van der Waals surface area contributed by atoms with Gasteiger partial charge in [0.05, 0.1) is 11.0 Å². The number of hydrogen-bond donors (Lipinski definition) is 0. The topological polar surface area (TPSA) is 17.8 Å². The first-order valence-corrected chi connectivity index (χ1v) is 18.1. The predicted molar refractivity (Wildman–Crippen MR) is 212 cm³/mol. The average Bonchev–Trinajstić information content (AvgIpc) is 3.74. The molecule has 0 unspecified atom stereocenters. The van der Waals surface area contributed by atoms with Gasteiger partial charge in [-0.3, -0.25) is 4.57 Å². The van der Waals surface area contributed by atoms with Gasteiger partial charge in [0.25, 0.3) is 0 Å². The Morgan fingerprint density at radius 3 is 1.48 bits per heavy atom. The predicted octanol–water partition coefficient (Wildman–Crippen LogP) is 12.8. The maximum atomic E-state index is 14.2. The van der Waals surface area contributed by atoms with Gasteiger partial charge in [-0.15, -0.1) is 0 Å². The van der Waals surface area contributed by atoms with Gasteiger partial charge in [-0.25, -0.2) is 9.37 Å². The van der Waals surface area contributed by atoms with Crippen LogP contribution in [-0.2, 0) is 10.8 Å². The van der Waals surface area contributed by atoms with Crippen molar-refractivity contribution in [3.63, 3.8) is 0 Å². The van der Waals surface area contributed by atoms with E-state index in [0.717, 1.165) is 28.2 Å². The molecule has 1 heterocycles. The normalized spacial score (nSPS) is 14.6. The van der Waals surface area contributed by atoms with Crippen LogP contribution in [0.1, 0.15) is 49.9 Å². The summed E-state index contributed by atoms with van der Waals surface area (Å²) in [5.41, 5.74) is 19.0. The summed E-state index contributed by atoms with van der Waals surface area (Å²) in [6, 6.07) is 53.3. The second-order valence-corrected chi connectivity index (χ2v) is 15.4. The highest BCUT2D eigenvalue weighted by Gasteiger charge is 2.41. The Hall–Kier alpha value is -6.06. The number of rotatable bonds is 4. The van der Waals surface area contributed by atoms with E-state index in [1.807, 2.05) is 36.4 Å². The minimum atomic E-state index is -0.288. The Labute approximate surface area is 303 Å². The van der Waals surface area contributed by atoms with Crippen LogP contribution in [0.3, 0.4) is 0 Å². The van der Waals surface area contributed by atoms with E-state index >= 15 is 0 Å². The van der Waals surface area contributed by atoms with Gasteiger partial charge >= 0.3 is 0 Å². The molecule has 8 aromatic rings.